The van der Waals surface area contributed by atoms with Crippen molar-refractivity contribution in [3.8, 4) is 11.1 Å². The first-order chi connectivity index (χ1) is 15.4. The number of hydrogen-bond acceptors (Lipinski definition) is 4. The Morgan fingerprint density at radius 2 is 1.72 bits per heavy atom. The first-order valence-electron chi connectivity index (χ1n) is 9.70. The van der Waals surface area contributed by atoms with Crippen LogP contribution in [-0.2, 0) is 16.6 Å². The molecule has 0 radical (unpaired) electrons. The van der Waals surface area contributed by atoms with Gasteiger partial charge in [0.2, 0.25) is 0 Å². The Balaban J connectivity index is 1.49. The van der Waals surface area contributed by atoms with Crippen LogP contribution in [0.2, 0.25) is 0 Å². The number of sulfonamides is 1. The molecule has 8 heteroatoms. The van der Waals surface area contributed by atoms with Crippen molar-refractivity contribution in [3.63, 3.8) is 0 Å². The fourth-order valence-electron chi connectivity index (χ4n) is 3.25. The van der Waals surface area contributed by atoms with Gasteiger partial charge < -0.3 is 5.32 Å². The van der Waals surface area contributed by atoms with Crippen LogP contribution >= 0.6 is 11.3 Å². The average molecular weight is 467 g/mol. The maximum Gasteiger partial charge on any atom is 0.264 e. The number of anilines is 1. The molecular weight excluding hydrogens is 447 g/mol. The summed E-state index contributed by atoms with van der Waals surface area (Å²) < 4.78 is 41.3. The van der Waals surface area contributed by atoms with E-state index >= 15 is 0 Å². The van der Waals surface area contributed by atoms with Crippen LogP contribution in [0.15, 0.2) is 94.5 Å². The zero-order chi connectivity index (χ0) is 22.6. The second-order valence-corrected chi connectivity index (χ2v) is 9.40. The number of nitrogens with one attached hydrogen (secondary N) is 2. The number of carbonyl (C=O) groups excluding carboxylic acids is 1. The fraction of sp³-hybridized carbons (Fsp3) is 0.0417. The van der Waals surface area contributed by atoms with Crippen LogP contribution in [0.4, 0.5) is 10.1 Å². The number of benzene rings is 3. The minimum Gasteiger partial charge on any atom is -0.348 e. The molecule has 5 nitrogen and oxygen atoms in total. The van der Waals surface area contributed by atoms with E-state index in [1.807, 2.05) is 41.1 Å². The Kier molecular flexibility index (Phi) is 6.34. The van der Waals surface area contributed by atoms with Gasteiger partial charge in [-0.25, -0.2) is 12.8 Å². The SMILES string of the molecule is O=C(NCc1ccccc1-c1ccsc1)c1cccc(NS(=O)(=O)c2ccccc2F)c1. The average Bonchev–Trinajstić information content (AvgIpc) is 3.32. The Labute approximate surface area is 189 Å². The molecule has 0 saturated heterocycles. The zero-order valence-corrected chi connectivity index (χ0v) is 18.4. The van der Waals surface area contributed by atoms with E-state index in [0.717, 1.165) is 22.8 Å². The van der Waals surface area contributed by atoms with Gasteiger partial charge in [0, 0.05) is 17.8 Å². The quantitative estimate of drug-likeness (QED) is 0.389. The van der Waals surface area contributed by atoms with Gasteiger partial charge in [-0.3, -0.25) is 9.52 Å². The molecule has 0 bridgehead atoms. The fourth-order valence-corrected chi connectivity index (χ4v) is 5.03. The minimum absolute atomic E-state index is 0.166. The molecule has 0 aliphatic rings. The molecule has 1 heterocycles. The number of rotatable bonds is 7. The molecule has 4 aromatic rings. The maximum absolute atomic E-state index is 13.9. The summed E-state index contributed by atoms with van der Waals surface area (Å²) in [6, 6.07) is 21.0. The highest BCUT2D eigenvalue weighted by atomic mass is 32.2. The highest BCUT2D eigenvalue weighted by Gasteiger charge is 2.19. The molecule has 3 aromatic carbocycles. The van der Waals surface area contributed by atoms with Crippen LogP contribution < -0.4 is 10.0 Å². The molecule has 0 spiro atoms. The monoisotopic (exact) mass is 466 g/mol. The summed E-state index contributed by atoms with van der Waals surface area (Å²) in [5, 5.41) is 6.92. The minimum atomic E-state index is -4.13. The van der Waals surface area contributed by atoms with Crippen molar-refractivity contribution < 1.29 is 17.6 Å². The van der Waals surface area contributed by atoms with Crippen LogP contribution in [0.25, 0.3) is 11.1 Å². The Morgan fingerprint density at radius 1 is 0.938 bits per heavy atom. The molecule has 4 rings (SSSR count). The van der Waals surface area contributed by atoms with Gasteiger partial charge >= 0.3 is 0 Å². The molecule has 0 aliphatic heterocycles. The third-order valence-electron chi connectivity index (χ3n) is 4.79. The van der Waals surface area contributed by atoms with Gasteiger partial charge in [0.25, 0.3) is 15.9 Å². The lowest BCUT2D eigenvalue weighted by Gasteiger charge is -2.12. The molecular formula is C24H19FN2O3S2. The van der Waals surface area contributed by atoms with Crippen LogP contribution in [-0.4, -0.2) is 14.3 Å². The molecule has 32 heavy (non-hydrogen) atoms. The molecule has 2 N–H and O–H groups in total. The summed E-state index contributed by atoms with van der Waals surface area (Å²) in [6.07, 6.45) is 0. The van der Waals surface area contributed by atoms with E-state index in [4.69, 9.17) is 0 Å². The van der Waals surface area contributed by atoms with Gasteiger partial charge in [0.05, 0.1) is 0 Å². The van der Waals surface area contributed by atoms with Crippen molar-refractivity contribution in [3.05, 3.63) is 107 Å². The predicted octanol–water partition coefficient (Wildman–Crippen LogP) is 5.29. The first-order valence-corrected chi connectivity index (χ1v) is 12.1. The van der Waals surface area contributed by atoms with E-state index in [1.165, 1.54) is 30.3 Å². The zero-order valence-electron chi connectivity index (χ0n) is 16.8. The van der Waals surface area contributed by atoms with E-state index in [0.29, 0.717) is 6.54 Å². The number of hydrogen-bond donors (Lipinski definition) is 2. The third kappa shape index (κ3) is 4.87. The summed E-state index contributed by atoms with van der Waals surface area (Å²) in [7, 11) is -4.13. The summed E-state index contributed by atoms with van der Waals surface area (Å²) in [6.45, 7) is 0.316. The second kappa shape index (κ2) is 9.33. The first kappa shape index (κ1) is 21.7. The summed E-state index contributed by atoms with van der Waals surface area (Å²) in [5.41, 5.74) is 3.55. The van der Waals surface area contributed by atoms with Crippen molar-refractivity contribution in [2.75, 3.05) is 4.72 Å². The van der Waals surface area contributed by atoms with E-state index in [2.05, 4.69) is 10.0 Å². The van der Waals surface area contributed by atoms with Crippen molar-refractivity contribution in [2.45, 2.75) is 11.4 Å². The number of thiophene rings is 1. The van der Waals surface area contributed by atoms with Crippen LogP contribution in [0.1, 0.15) is 15.9 Å². The van der Waals surface area contributed by atoms with Crippen molar-refractivity contribution in [1.29, 1.82) is 0 Å². The molecule has 0 atom stereocenters. The van der Waals surface area contributed by atoms with Crippen LogP contribution in [0, 0.1) is 5.82 Å². The lowest BCUT2D eigenvalue weighted by Crippen LogP contribution is -2.23. The Morgan fingerprint density at radius 3 is 2.50 bits per heavy atom. The lowest BCUT2D eigenvalue weighted by molar-refractivity contribution is 0.0951. The Bertz CT molecular complexity index is 1350. The molecule has 0 aliphatic carbocycles. The van der Waals surface area contributed by atoms with Gasteiger partial charge in [-0.05, 0) is 63.8 Å². The highest BCUT2D eigenvalue weighted by Crippen LogP contribution is 2.26. The van der Waals surface area contributed by atoms with Crippen molar-refractivity contribution in [1.82, 2.24) is 5.32 Å². The molecule has 162 valence electrons. The molecule has 0 saturated carbocycles. The molecule has 0 fully saturated rings. The lowest BCUT2D eigenvalue weighted by atomic mass is 10.0. The van der Waals surface area contributed by atoms with Gasteiger partial charge in [0.15, 0.2) is 0 Å². The van der Waals surface area contributed by atoms with Gasteiger partial charge in [-0.15, -0.1) is 0 Å². The third-order valence-corrected chi connectivity index (χ3v) is 6.89. The number of carbonyl (C=O) groups is 1. The number of halogens is 1. The van der Waals surface area contributed by atoms with E-state index in [-0.39, 0.29) is 17.2 Å². The summed E-state index contributed by atoms with van der Waals surface area (Å²) >= 11 is 1.60. The highest BCUT2D eigenvalue weighted by molar-refractivity contribution is 7.92. The molecule has 1 aromatic heterocycles. The van der Waals surface area contributed by atoms with Gasteiger partial charge in [0.1, 0.15) is 10.7 Å². The van der Waals surface area contributed by atoms with E-state index in [1.54, 1.807) is 23.5 Å². The molecule has 0 unspecified atom stereocenters. The van der Waals surface area contributed by atoms with Gasteiger partial charge in [-0.1, -0.05) is 42.5 Å². The normalized spacial score (nSPS) is 11.2. The second-order valence-electron chi connectivity index (χ2n) is 6.97. The summed E-state index contributed by atoms with van der Waals surface area (Å²) in [4.78, 5) is 12.3. The smallest absolute Gasteiger partial charge is 0.264 e. The van der Waals surface area contributed by atoms with E-state index < -0.39 is 20.7 Å². The topological polar surface area (TPSA) is 75.3 Å². The van der Waals surface area contributed by atoms with Crippen LogP contribution in [0.3, 0.4) is 0 Å². The van der Waals surface area contributed by atoms with Crippen molar-refractivity contribution in [2.24, 2.45) is 0 Å². The molecule has 1 amide bonds. The largest absolute Gasteiger partial charge is 0.348 e. The standard InChI is InChI=1S/C24H19FN2O3S2/c25-22-10-3-4-11-23(22)32(29,30)27-20-8-5-7-17(14-20)24(28)26-15-18-6-1-2-9-21(18)19-12-13-31-16-19/h1-14,16,27H,15H2,(H,26,28). The Hall–Kier alpha value is -3.49. The van der Waals surface area contributed by atoms with E-state index in [9.17, 15) is 17.6 Å². The van der Waals surface area contributed by atoms with Crippen LogP contribution in [0.5, 0.6) is 0 Å². The van der Waals surface area contributed by atoms with Crippen molar-refractivity contribution >= 4 is 33.0 Å². The maximum atomic E-state index is 13.9. The summed E-state index contributed by atoms with van der Waals surface area (Å²) in [5.74, 6) is -1.20. The number of amides is 1. The predicted molar refractivity (Wildman–Crippen MR) is 125 cm³/mol. The van der Waals surface area contributed by atoms with Gasteiger partial charge in [-0.2, -0.15) is 11.3 Å².